The molecule has 1 aromatic rings. The van der Waals surface area contributed by atoms with E-state index >= 15 is 0 Å². The van der Waals surface area contributed by atoms with Crippen molar-refractivity contribution in [1.82, 2.24) is 9.88 Å². The van der Waals surface area contributed by atoms with E-state index in [1.165, 1.54) is 30.0 Å². The fourth-order valence-electron chi connectivity index (χ4n) is 2.39. The molecule has 0 radical (unpaired) electrons. The van der Waals surface area contributed by atoms with E-state index in [1.54, 1.807) is 11.3 Å². The van der Waals surface area contributed by atoms with Gasteiger partial charge in [-0.25, -0.2) is 4.98 Å². The van der Waals surface area contributed by atoms with E-state index in [-0.39, 0.29) is 0 Å². The lowest BCUT2D eigenvalue weighted by Gasteiger charge is -2.32. The Kier molecular flexibility index (Phi) is 4.32. The molecule has 2 rings (SSSR count). The summed E-state index contributed by atoms with van der Waals surface area (Å²) in [4.78, 5) is 8.19. The van der Waals surface area contributed by atoms with Crippen LogP contribution in [0.4, 0.5) is 0 Å². The second-order valence-corrected chi connectivity index (χ2v) is 5.56. The van der Waals surface area contributed by atoms with Crippen LogP contribution < -0.4 is 0 Å². The Hall–Kier alpha value is -0.450. The third-order valence-electron chi connectivity index (χ3n) is 3.35. The van der Waals surface area contributed by atoms with Gasteiger partial charge in [-0.3, -0.25) is 4.90 Å². The minimum Gasteiger partial charge on any atom is -0.396 e. The van der Waals surface area contributed by atoms with Crippen LogP contribution in [0.15, 0.2) is 5.51 Å². The van der Waals surface area contributed by atoms with E-state index in [1.807, 2.05) is 5.51 Å². The monoisotopic (exact) mass is 240 g/mol. The summed E-state index contributed by atoms with van der Waals surface area (Å²) in [5.74, 6) is 0.687. The molecular formula is C12H20N2OS. The van der Waals surface area contributed by atoms with Crippen molar-refractivity contribution >= 4 is 11.3 Å². The summed E-state index contributed by atoms with van der Waals surface area (Å²) in [7, 11) is 0. The van der Waals surface area contributed by atoms with Gasteiger partial charge in [0, 0.05) is 24.6 Å². The fourth-order valence-corrected chi connectivity index (χ4v) is 3.21. The zero-order valence-corrected chi connectivity index (χ0v) is 10.7. The number of hydrogen-bond donors (Lipinski definition) is 1. The van der Waals surface area contributed by atoms with Gasteiger partial charge >= 0.3 is 0 Å². The number of likely N-dealkylation sites (tertiary alicyclic amines) is 1. The Morgan fingerprint density at radius 3 is 3.19 bits per heavy atom. The van der Waals surface area contributed by atoms with Gasteiger partial charge in [0.2, 0.25) is 0 Å². The zero-order chi connectivity index (χ0) is 11.4. The average Bonchev–Trinajstić information content (AvgIpc) is 2.66. The van der Waals surface area contributed by atoms with E-state index in [2.05, 4.69) is 16.8 Å². The lowest BCUT2D eigenvalue weighted by molar-refractivity contribution is 0.143. The van der Waals surface area contributed by atoms with Gasteiger partial charge < -0.3 is 5.11 Å². The summed E-state index contributed by atoms with van der Waals surface area (Å²) < 4.78 is 0. The number of aryl methyl sites for hydroxylation is 1. The van der Waals surface area contributed by atoms with Gasteiger partial charge in [0.25, 0.3) is 0 Å². The molecule has 0 bridgehead atoms. The lowest BCUT2D eigenvalue weighted by Crippen LogP contribution is -2.35. The van der Waals surface area contributed by atoms with E-state index in [4.69, 9.17) is 5.11 Å². The number of aliphatic hydroxyl groups is 1. The summed E-state index contributed by atoms with van der Waals surface area (Å²) in [5, 5.41) is 8.98. The van der Waals surface area contributed by atoms with Crippen LogP contribution in [-0.4, -0.2) is 34.7 Å². The molecule has 0 saturated carbocycles. The van der Waals surface area contributed by atoms with E-state index in [9.17, 15) is 0 Å². The van der Waals surface area contributed by atoms with Crippen molar-refractivity contribution in [3.8, 4) is 0 Å². The van der Waals surface area contributed by atoms with Crippen molar-refractivity contribution in [3.05, 3.63) is 16.1 Å². The van der Waals surface area contributed by atoms with Crippen molar-refractivity contribution < 1.29 is 5.11 Å². The Morgan fingerprint density at radius 1 is 1.62 bits per heavy atom. The number of thiazole rings is 1. The van der Waals surface area contributed by atoms with Crippen LogP contribution >= 0.6 is 11.3 Å². The van der Waals surface area contributed by atoms with Crippen LogP contribution in [0.3, 0.4) is 0 Å². The third kappa shape index (κ3) is 3.03. The number of rotatable bonds is 4. The van der Waals surface area contributed by atoms with Crippen LogP contribution in [0.2, 0.25) is 0 Å². The predicted octanol–water partition coefficient (Wildman–Crippen LogP) is 2.05. The Morgan fingerprint density at radius 2 is 2.50 bits per heavy atom. The second kappa shape index (κ2) is 5.75. The fraction of sp³-hybridized carbons (Fsp3) is 0.750. The van der Waals surface area contributed by atoms with Gasteiger partial charge in [0.05, 0.1) is 11.2 Å². The largest absolute Gasteiger partial charge is 0.396 e. The Balaban J connectivity index is 1.88. The van der Waals surface area contributed by atoms with E-state index < -0.39 is 0 Å². The summed E-state index contributed by atoms with van der Waals surface area (Å²) in [5.41, 5.74) is 3.11. The van der Waals surface area contributed by atoms with Gasteiger partial charge in [0.1, 0.15) is 0 Å². The SMILES string of the molecule is Cc1ncsc1CN1CCCC(CCO)C1. The smallest absolute Gasteiger partial charge is 0.0798 e. The molecule has 0 aliphatic carbocycles. The van der Waals surface area contributed by atoms with Gasteiger partial charge in [-0.05, 0) is 38.6 Å². The molecule has 1 aromatic heterocycles. The second-order valence-electron chi connectivity index (χ2n) is 4.62. The number of aromatic nitrogens is 1. The first-order valence-electron chi connectivity index (χ1n) is 6.01. The molecule has 0 aromatic carbocycles. The van der Waals surface area contributed by atoms with Crippen LogP contribution in [-0.2, 0) is 6.54 Å². The number of aliphatic hydroxyl groups excluding tert-OH is 1. The highest BCUT2D eigenvalue weighted by molar-refractivity contribution is 7.09. The molecular weight excluding hydrogens is 220 g/mol. The number of hydrogen-bond acceptors (Lipinski definition) is 4. The Labute approximate surface area is 101 Å². The highest BCUT2D eigenvalue weighted by atomic mass is 32.1. The van der Waals surface area contributed by atoms with Crippen LogP contribution in [0.25, 0.3) is 0 Å². The molecule has 3 nitrogen and oxygen atoms in total. The highest BCUT2D eigenvalue weighted by Gasteiger charge is 2.20. The van der Waals surface area contributed by atoms with Crippen molar-refractivity contribution in [2.45, 2.75) is 32.7 Å². The topological polar surface area (TPSA) is 36.4 Å². The molecule has 0 spiro atoms. The van der Waals surface area contributed by atoms with Crippen LogP contribution in [0, 0.1) is 12.8 Å². The molecule has 1 fully saturated rings. The quantitative estimate of drug-likeness (QED) is 0.875. The number of piperidine rings is 1. The van der Waals surface area contributed by atoms with E-state index in [0.29, 0.717) is 12.5 Å². The summed E-state index contributed by atoms with van der Waals surface area (Å²) in [6, 6.07) is 0. The average molecular weight is 240 g/mol. The molecule has 1 N–H and O–H groups in total. The van der Waals surface area contributed by atoms with Gasteiger partial charge in [-0.2, -0.15) is 0 Å². The normalized spacial score (nSPS) is 22.5. The van der Waals surface area contributed by atoms with Crippen molar-refractivity contribution in [3.63, 3.8) is 0 Å². The minimum atomic E-state index is 0.331. The first-order valence-corrected chi connectivity index (χ1v) is 6.89. The zero-order valence-electron chi connectivity index (χ0n) is 9.85. The summed E-state index contributed by atoms with van der Waals surface area (Å²) in [6.07, 6.45) is 3.50. The maximum atomic E-state index is 8.98. The number of nitrogens with zero attached hydrogens (tertiary/aromatic N) is 2. The molecule has 0 amide bonds. The van der Waals surface area contributed by atoms with Gasteiger partial charge in [-0.1, -0.05) is 0 Å². The third-order valence-corrected chi connectivity index (χ3v) is 4.27. The van der Waals surface area contributed by atoms with Gasteiger partial charge in [0.15, 0.2) is 0 Å². The first-order chi connectivity index (χ1) is 7.79. The van der Waals surface area contributed by atoms with Crippen molar-refractivity contribution in [1.29, 1.82) is 0 Å². The van der Waals surface area contributed by atoms with E-state index in [0.717, 1.165) is 19.5 Å². The molecule has 1 aliphatic rings. The van der Waals surface area contributed by atoms with Crippen molar-refractivity contribution in [2.75, 3.05) is 19.7 Å². The summed E-state index contributed by atoms with van der Waals surface area (Å²) >= 11 is 1.76. The lowest BCUT2D eigenvalue weighted by atomic mass is 9.95. The highest BCUT2D eigenvalue weighted by Crippen LogP contribution is 2.22. The molecule has 2 heterocycles. The standard InChI is InChI=1S/C12H20N2OS/c1-10-12(16-9-13-10)8-14-5-2-3-11(7-14)4-6-15/h9,11,15H,2-8H2,1H3. The molecule has 90 valence electrons. The molecule has 4 heteroatoms. The molecule has 1 saturated heterocycles. The first kappa shape index (κ1) is 12.0. The Bertz CT molecular complexity index is 325. The minimum absolute atomic E-state index is 0.331. The summed E-state index contributed by atoms with van der Waals surface area (Å²) in [6.45, 7) is 5.79. The van der Waals surface area contributed by atoms with Gasteiger partial charge in [-0.15, -0.1) is 11.3 Å². The van der Waals surface area contributed by atoms with Crippen LogP contribution in [0.1, 0.15) is 29.8 Å². The molecule has 1 unspecified atom stereocenters. The molecule has 16 heavy (non-hydrogen) atoms. The molecule has 1 atom stereocenters. The maximum absolute atomic E-state index is 8.98. The molecule has 1 aliphatic heterocycles. The predicted molar refractivity (Wildman–Crippen MR) is 66.6 cm³/mol. The maximum Gasteiger partial charge on any atom is 0.0798 e. The van der Waals surface area contributed by atoms with Crippen LogP contribution in [0.5, 0.6) is 0 Å². The van der Waals surface area contributed by atoms with Crippen molar-refractivity contribution in [2.24, 2.45) is 5.92 Å².